The Kier molecular flexibility index (Phi) is 4.04. The summed E-state index contributed by atoms with van der Waals surface area (Å²) >= 11 is 6.22. The number of halogens is 1. The van der Waals surface area contributed by atoms with E-state index in [1.165, 1.54) is 5.56 Å². The smallest absolute Gasteiger partial charge is 0.218 e. The molecule has 0 aromatic heterocycles. The van der Waals surface area contributed by atoms with Crippen LogP contribution in [-0.2, 0) is 14.2 Å². The summed E-state index contributed by atoms with van der Waals surface area (Å²) in [4.78, 5) is 4.71. The number of rotatable bonds is 2. The van der Waals surface area contributed by atoms with Crippen molar-refractivity contribution in [1.82, 2.24) is 0 Å². The van der Waals surface area contributed by atoms with Crippen LogP contribution in [0, 0.1) is 6.92 Å². The van der Waals surface area contributed by atoms with E-state index in [1.807, 2.05) is 36.4 Å². The van der Waals surface area contributed by atoms with Crippen LogP contribution in [0.15, 0.2) is 53.5 Å². The SMILES string of the molecule is Cc1ccc(C2OCC3(COC(c4ccccc4Cl)=N3)CO2)cc1. The largest absolute Gasteiger partial charge is 0.475 e. The predicted octanol–water partition coefficient (Wildman–Crippen LogP) is 3.91. The fourth-order valence-electron chi connectivity index (χ4n) is 2.87. The van der Waals surface area contributed by atoms with Crippen molar-refractivity contribution in [2.45, 2.75) is 18.8 Å². The number of benzene rings is 2. The van der Waals surface area contributed by atoms with Gasteiger partial charge in [-0.25, -0.2) is 4.99 Å². The summed E-state index contributed by atoms with van der Waals surface area (Å²) in [5.74, 6) is 0.557. The minimum absolute atomic E-state index is 0.351. The fraction of sp³-hybridized carbons (Fsp3) is 0.316. The van der Waals surface area contributed by atoms with Gasteiger partial charge in [-0.15, -0.1) is 0 Å². The molecule has 2 aliphatic rings. The van der Waals surface area contributed by atoms with Gasteiger partial charge in [0.05, 0.1) is 23.8 Å². The number of nitrogens with zero attached hydrogens (tertiary/aromatic N) is 1. The van der Waals surface area contributed by atoms with Crippen LogP contribution in [0.5, 0.6) is 0 Å². The van der Waals surface area contributed by atoms with Gasteiger partial charge in [0.1, 0.15) is 12.1 Å². The van der Waals surface area contributed by atoms with Crippen LogP contribution in [0.25, 0.3) is 0 Å². The molecule has 5 heteroatoms. The Balaban J connectivity index is 1.49. The van der Waals surface area contributed by atoms with E-state index in [0.29, 0.717) is 30.7 Å². The van der Waals surface area contributed by atoms with E-state index in [2.05, 4.69) is 19.1 Å². The Hall–Kier alpha value is -1.88. The fourth-order valence-corrected chi connectivity index (χ4v) is 3.09. The molecule has 0 aliphatic carbocycles. The second-order valence-corrected chi connectivity index (χ2v) is 6.68. The minimum Gasteiger partial charge on any atom is -0.475 e. The first kappa shape index (κ1) is 15.6. The highest BCUT2D eigenvalue weighted by Crippen LogP contribution is 2.33. The van der Waals surface area contributed by atoms with Crippen molar-refractivity contribution < 1.29 is 14.2 Å². The van der Waals surface area contributed by atoms with Crippen molar-refractivity contribution in [3.8, 4) is 0 Å². The van der Waals surface area contributed by atoms with E-state index in [4.69, 9.17) is 30.8 Å². The Morgan fingerprint density at radius 3 is 2.42 bits per heavy atom. The Morgan fingerprint density at radius 1 is 1.00 bits per heavy atom. The van der Waals surface area contributed by atoms with Gasteiger partial charge in [-0.1, -0.05) is 53.6 Å². The van der Waals surface area contributed by atoms with Crippen LogP contribution < -0.4 is 0 Å². The van der Waals surface area contributed by atoms with Crippen LogP contribution in [-0.4, -0.2) is 31.3 Å². The lowest BCUT2D eigenvalue weighted by Crippen LogP contribution is -2.44. The molecule has 4 rings (SSSR count). The van der Waals surface area contributed by atoms with Crippen LogP contribution in [0.4, 0.5) is 0 Å². The molecule has 24 heavy (non-hydrogen) atoms. The molecule has 0 N–H and O–H groups in total. The van der Waals surface area contributed by atoms with Gasteiger partial charge in [0.2, 0.25) is 5.90 Å². The number of aliphatic imine (C=N–C) groups is 1. The molecule has 0 radical (unpaired) electrons. The normalized spacial score (nSPS) is 26.2. The lowest BCUT2D eigenvalue weighted by atomic mass is 10.0. The molecular weight excluding hydrogens is 326 g/mol. The van der Waals surface area contributed by atoms with Crippen molar-refractivity contribution in [3.05, 3.63) is 70.2 Å². The first-order valence-corrected chi connectivity index (χ1v) is 8.30. The van der Waals surface area contributed by atoms with Gasteiger partial charge in [-0.2, -0.15) is 0 Å². The van der Waals surface area contributed by atoms with E-state index in [-0.39, 0.29) is 6.29 Å². The van der Waals surface area contributed by atoms with Crippen molar-refractivity contribution >= 4 is 17.5 Å². The zero-order valence-electron chi connectivity index (χ0n) is 13.4. The molecule has 0 saturated carbocycles. The molecule has 0 unspecified atom stereocenters. The van der Waals surface area contributed by atoms with Crippen molar-refractivity contribution in [1.29, 1.82) is 0 Å². The second-order valence-electron chi connectivity index (χ2n) is 6.27. The van der Waals surface area contributed by atoms with E-state index >= 15 is 0 Å². The number of hydrogen-bond acceptors (Lipinski definition) is 4. The molecule has 4 nitrogen and oxygen atoms in total. The van der Waals surface area contributed by atoms with Gasteiger partial charge in [0.15, 0.2) is 6.29 Å². The molecule has 124 valence electrons. The lowest BCUT2D eigenvalue weighted by Gasteiger charge is -2.33. The second kappa shape index (κ2) is 6.20. The summed E-state index contributed by atoms with van der Waals surface area (Å²) in [6, 6.07) is 15.7. The van der Waals surface area contributed by atoms with Crippen LogP contribution in [0.1, 0.15) is 23.0 Å². The van der Waals surface area contributed by atoms with Crippen LogP contribution in [0.3, 0.4) is 0 Å². The predicted molar refractivity (Wildman–Crippen MR) is 92.5 cm³/mol. The van der Waals surface area contributed by atoms with Crippen molar-refractivity contribution in [2.24, 2.45) is 4.99 Å². The standard InChI is InChI=1S/C19H18ClNO3/c1-13-6-8-14(9-7-13)18-23-11-19(12-24-18)10-22-17(21-19)15-4-2-3-5-16(15)20/h2-9,18H,10-12H2,1H3. The molecule has 0 atom stereocenters. The molecule has 1 spiro atoms. The first-order chi connectivity index (χ1) is 11.7. The van der Waals surface area contributed by atoms with Gasteiger partial charge in [-0.3, -0.25) is 0 Å². The Labute approximate surface area is 146 Å². The highest BCUT2D eigenvalue weighted by atomic mass is 35.5. The molecule has 2 aromatic rings. The third kappa shape index (κ3) is 2.93. The number of hydrogen-bond donors (Lipinski definition) is 0. The molecule has 0 bridgehead atoms. The maximum atomic E-state index is 6.22. The molecule has 1 saturated heterocycles. The molecular formula is C19H18ClNO3. The zero-order chi connectivity index (χ0) is 16.6. The maximum Gasteiger partial charge on any atom is 0.218 e. The van der Waals surface area contributed by atoms with E-state index in [1.54, 1.807) is 0 Å². The zero-order valence-corrected chi connectivity index (χ0v) is 14.1. The van der Waals surface area contributed by atoms with Gasteiger partial charge < -0.3 is 14.2 Å². The lowest BCUT2D eigenvalue weighted by molar-refractivity contribution is -0.212. The molecule has 2 aliphatic heterocycles. The monoisotopic (exact) mass is 343 g/mol. The van der Waals surface area contributed by atoms with Crippen LogP contribution >= 0.6 is 11.6 Å². The third-order valence-electron chi connectivity index (χ3n) is 4.28. The molecule has 2 heterocycles. The number of aryl methyl sites for hydroxylation is 1. The van der Waals surface area contributed by atoms with Crippen LogP contribution in [0.2, 0.25) is 5.02 Å². The van der Waals surface area contributed by atoms with Gasteiger partial charge >= 0.3 is 0 Å². The first-order valence-electron chi connectivity index (χ1n) is 7.93. The van der Waals surface area contributed by atoms with E-state index < -0.39 is 5.54 Å². The maximum absolute atomic E-state index is 6.22. The Bertz CT molecular complexity index is 764. The minimum atomic E-state index is -0.490. The van der Waals surface area contributed by atoms with Crippen molar-refractivity contribution in [2.75, 3.05) is 19.8 Å². The average molecular weight is 344 g/mol. The summed E-state index contributed by atoms with van der Waals surface area (Å²) in [6.07, 6.45) is -0.351. The topological polar surface area (TPSA) is 40.0 Å². The molecule has 2 aromatic carbocycles. The summed E-state index contributed by atoms with van der Waals surface area (Å²) in [5.41, 5.74) is 2.54. The molecule has 1 fully saturated rings. The summed E-state index contributed by atoms with van der Waals surface area (Å²) < 4.78 is 17.6. The highest BCUT2D eigenvalue weighted by Gasteiger charge is 2.43. The van der Waals surface area contributed by atoms with Crippen molar-refractivity contribution in [3.63, 3.8) is 0 Å². The van der Waals surface area contributed by atoms with E-state index in [0.717, 1.165) is 11.1 Å². The van der Waals surface area contributed by atoms with Gasteiger partial charge in [0.25, 0.3) is 0 Å². The summed E-state index contributed by atoms with van der Waals surface area (Å²) in [6.45, 7) is 3.41. The summed E-state index contributed by atoms with van der Waals surface area (Å²) in [7, 11) is 0. The average Bonchev–Trinajstić information content (AvgIpc) is 3.00. The Morgan fingerprint density at radius 2 is 1.71 bits per heavy atom. The highest BCUT2D eigenvalue weighted by molar-refractivity contribution is 6.33. The van der Waals surface area contributed by atoms with E-state index in [9.17, 15) is 0 Å². The quantitative estimate of drug-likeness (QED) is 0.830. The number of ether oxygens (including phenoxy) is 3. The summed E-state index contributed by atoms with van der Waals surface area (Å²) in [5, 5.41) is 0.628. The third-order valence-corrected chi connectivity index (χ3v) is 4.61. The van der Waals surface area contributed by atoms with Gasteiger partial charge in [-0.05, 0) is 19.1 Å². The molecule has 0 amide bonds. The van der Waals surface area contributed by atoms with Gasteiger partial charge in [0, 0.05) is 5.56 Å².